The van der Waals surface area contributed by atoms with Crippen molar-refractivity contribution in [2.75, 3.05) is 18.9 Å². The van der Waals surface area contributed by atoms with Crippen molar-refractivity contribution in [1.82, 2.24) is 14.5 Å². The normalized spacial score (nSPS) is 24.8. The number of aliphatic hydroxyl groups is 3. The maximum absolute atomic E-state index is 13.3. The molecule has 0 unspecified atom stereocenters. The maximum atomic E-state index is 13.3. The zero-order valence-electron chi connectivity index (χ0n) is 11.0. The second kappa shape index (κ2) is 4.88. The van der Waals surface area contributed by atoms with E-state index in [1.165, 1.54) is 4.57 Å². The van der Waals surface area contributed by atoms with Crippen LogP contribution in [0.25, 0.3) is 11.0 Å². The highest BCUT2D eigenvalue weighted by Crippen LogP contribution is 2.38. The molecule has 114 valence electrons. The minimum absolute atomic E-state index is 0.00498. The summed E-state index contributed by atoms with van der Waals surface area (Å²) in [5.41, 5.74) is 4.41. The number of anilines is 1. The number of nitrogens with two attached hydrogens (primary N) is 1. The predicted molar refractivity (Wildman–Crippen MR) is 69.5 cm³/mol. The fourth-order valence-electron chi connectivity index (χ4n) is 2.57. The number of aromatic nitrogens is 3. The summed E-state index contributed by atoms with van der Waals surface area (Å²) in [7, 11) is 0. The Bertz CT molecular complexity index is 673. The number of hydrogen-bond donors (Lipinski definition) is 4. The number of nitrogens with zero attached hydrogens (tertiary/aromatic N) is 3. The molecule has 1 aliphatic heterocycles. The lowest BCUT2D eigenvalue weighted by atomic mass is 9.99. The van der Waals surface area contributed by atoms with E-state index in [0.717, 1.165) is 0 Å². The Morgan fingerprint density at radius 2 is 2.14 bits per heavy atom. The molecule has 8 nitrogen and oxygen atoms in total. The number of hydrogen-bond acceptors (Lipinski definition) is 7. The van der Waals surface area contributed by atoms with Gasteiger partial charge in [-0.1, -0.05) is 0 Å². The zero-order chi connectivity index (χ0) is 15.2. The Morgan fingerprint density at radius 3 is 2.76 bits per heavy atom. The van der Waals surface area contributed by atoms with Crippen LogP contribution in [-0.4, -0.2) is 54.8 Å². The van der Waals surface area contributed by atoms with Gasteiger partial charge in [0.25, 0.3) is 0 Å². The highest BCUT2D eigenvalue weighted by atomic mass is 19.1. The van der Waals surface area contributed by atoms with Crippen molar-refractivity contribution in [3.05, 3.63) is 18.3 Å². The Morgan fingerprint density at radius 1 is 1.43 bits per heavy atom. The van der Waals surface area contributed by atoms with Gasteiger partial charge in [-0.05, 0) is 6.07 Å². The van der Waals surface area contributed by atoms with Crippen LogP contribution in [0.5, 0.6) is 0 Å². The second-order valence-corrected chi connectivity index (χ2v) is 5.04. The molecule has 0 saturated carbocycles. The van der Waals surface area contributed by atoms with Crippen molar-refractivity contribution in [3.8, 4) is 0 Å². The van der Waals surface area contributed by atoms with Crippen LogP contribution in [0, 0.1) is 6.08 Å². The van der Waals surface area contributed by atoms with Crippen LogP contribution in [0.1, 0.15) is 12.6 Å². The van der Waals surface area contributed by atoms with E-state index in [4.69, 9.17) is 10.5 Å². The van der Waals surface area contributed by atoms with Gasteiger partial charge in [0.2, 0.25) is 0 Å². The average Bonchev–Trinajstić information content (AvgIpc) is 3.00. The lowest BCUT2D eigenvalue weighted by Gasteiger charge is -2.27. The number of aliphatic hydroxyl groups excluding tert-OH is 3. The minimum atomic E-state index is -1.45. The van der Waals surface area contributed by atoms with Crippen molar-refractivity contribution in [2.24, 2.45) is 0 Å². The molecule has 0 aromatic carbocycles. The van der Waals surface area contributed by atoms with Crippen molar-refractivity contribution in [3.63, 3.8) is 0 Å². The lowest BCUT2D eigenvalue weighted by molar-refractivity contribution is -0.148. The van der Waals surface area contributed by atoms with Crippen LogP contribution in [-0.2, 0) is 4.74 Å². The molecular formula is C12H15FN4O4. The molecule has 0 radical (unpaired) electrons. The van der Waals surface area contributed by atoms with E-state index in [0.29, 0.717) is 5.39 Å². The fraction of sp³-hybridized carbons (Fsp3) is 0.500. The standard InChI is InChI=1S/C12H15FN4O4/c13-11-15-9(14)6-1-2-17(10(6)16-11)8-3-7(20)12(4-18,5-19)21-8/h1-2,7-8,18-20H,3-5H2,(H2,14,15,16)/t7-,8+/m0/s1. The first-order valence-corrected chi connectivity index (χ1v) is 6.38. The average molecular weight is 298 g/mol. The second-order valence-electron chi connectivity index (χ2n) is 5.04. The number of halogens is 1. The zero-order valence-corrected chi connectivity index (χ0v) is 11.0. The number of fused-ring (bicyclic) bond motifs is 1. The third kappa shape index (κ3) is 2.05. The van der Waals surface area contributed by atoms with E-state index in [2.05, 4.69) is 9.97 Å². The Hall–Kier alpha value is -1.81. The Balaban J connectivity index is 2.03. The summed E-state index contributed by atoms with van der Waals surface area (Å²) < 4.78 is 20.4. The molecule has 21 heavy (non-hydrogen) atoms. The van der Waals surface area contributed by atoms with Crippen molar-refractivity contribution >= 4 is 16.9 Å². The van der Waals surface area contributed by atoms with Crippen LogP contribution in [0.3, 0.4) is 0 Å². The monoisotopic (exact) mass is 298 g/mol. The summed E-state index contributed by atoms with van der Waals surface area (Å²) in [6, 6.07) is 1.61. The molecule has 3 rings (SSSR count). The van der Waals surface area contributed by atoms with Crippen molar-refractivity contribution in [2.45, 2.75) is 24.4 Å². The number of rotatable bonds is 3. The molecular weight excluding hydrogens is 283 g/mol. The maximum Gasteiger partial charge on any atom is 0.312 e. The SMILES string of the molecule is Nc1nc(F)nc2c1ccn2[C@H]1C[C@H](O)C(CO)(CO)O1. The van der Waals surface area contributed by atoms with Gasteiger partial charge in [-0.3, -0.25) is 0 Å². The van der Waals surface area contributed by atoms with Gasteiger partial charge in [0.15, 0.2) is 5.65 Å². The van der Waals surface area contributed by atoms with Crippen LogP contribution in [0.2, 0.25) is 0 Å². The minimum Gasteiger partial charge on any atom is -0.393 e. The van der Waals surface area contributed by atoms with Crippen LogP contribution in [0.15, 0.2) is 12.3 Å². The van der Waals surface area contributed by atoms with E-state index < -0.39 is 37.2 Å². The molecule has 2 aromatic rings. The summed E-state index contributed by atoms with van der Waals surface area (Å²) in [5.74, 6) is 0.00498. The molecule has 9 heteroatoms. The third-order valence-corrected chi connectivity index (χ3v) is 3.82. The fourth-order valence-corrected chi connectivity index (χ4v) is 2.57. The van der Waals surface area contributed by atoms with Gasteiger partial charge in [0.1, 0.15) is 17.6 Å². The van der Waals surface area contributed by atoms with Crippen LogP contribution < -0.4 is 5.73 Å². The Labute approximate surface area is 118 Å². The van der Waals surface area contributed by atoms with Gasteiger partial charge in [0, 0.05) is 12.6 Å². The van der Waals surface area contributed by atoms with E-state index in [-0.39, 0.29) is 17.9 Å². The molecule has 2 aromatic heterocycles. The molecule has 0 amide bonds. The highest BCUT2D eigenvalue weighted by Gasteiger charge is 2.48. The summed E-state index contributed by atoms with van der Waals surface area (Å²) in [6.07, 6.45) is -1.02. The Kier molecular flexibility index (Phi) is 3.29. The molecule has 2 atom stereocenters. The van der Waals surface area contributed by atoms with Gasteiger partial charge >= 0.3 is 6.08 Å². The molecule has 5 N–H and O–H groups in total. The third-order valence-electron chi connectivity index (χ3n) is 3.82. The number of ether oxygens (including phenoxy) is 1. The van der Waals surface area contributed by atoms with E-state index in [1.807, 2.05) is 0 Å². The van der Waals surface area contributed by atoms with Crippen molar-refractivity contribution in [1.29, 1.82) is 0 Å². The molecule has 1 saturated heterocycles. The van der Waals surface area contributed by atoms with Gasteiger partial charge in [-0.15, -0.1) is 0 Å². The lowest BCUT2D eigenvalue weighted by Crippen LogP contribution is -2.46. The predicted octanol–water partition coefficient (Wildman–Crippen LogP) is -0.844. The molecule has 1 aliphatic rings. The first-order chi connectivity index (χ1) is 10.0. The quantitative estimate of drug-likeness (QED) is 0.544. The summed E-state index contributed by atoms with van der Waals surface area (Å²) in [4.78, 5) is 7.12. The molecule has 0 spiro atoms. The topological polar surface area (TPSA) is 127 Å². The van der Waals surface area contributed by atoms with Gasteiger partial charge in [0.05, 0.1) is 24.7 Å². The van der Waals surface area contributed by atoms with E-state index in [1.54, 1.807) is 12.3 Å². The largest absolute Gasteiger partial charge is 0.393 e. The summed E-state index contributed by atoms with van der Waals surface area (Å²) in [5, 5.41) is 29.1. The van der Waals surface area contributed by atoms with Gasteiger partial charge in [-0.2, -0.15) is 14.4 Å². The van der Waals surface area contributed by atoms with Crippen LogP contribution >= 0.6 is 0 Å². The van der Waals surface area contributed by atoms with Crippen LogP contribution in [0.4, 0.5) is 10.2 Å². The smallest absolute Gasteiger partial charge is 0.312 e. The summed E-state index contributed by atoms with van der Waals surface area (Å²) in [6.45, 7) is -1.07. The number of nitrogen functional groups attached to an aromatic ring is 1. The van der Waals surface area contributed by atoms with Gasteiger partial charge < -0.3 is 30.4 Å². The van der Waals surface area contributed by atoms with E-state index in [9.17, 15) is 19.7 Å². The molecule has 0 bridgehead atoms. The van der Waals surface area contributed by atoms with Gasteiger partial charge in [-0.25, -0.2) is 0 Å². The molecule has 0 aliphatic carbocycles. The highest BCUT2D eigenvalue weighted by molar-refractivity contribution is 5.86. The van der Waals surface area contributed by atoms with Crippen molar-refractivity contribution < 1.29 is 24.4 Å². The van der Waals surface area contributed by atoms with E-state index >= 15 is 0 Å². The summed E-state index contributed by atoms with van der Waals surface area (Å²) >= 11 is 0. The first kappa shape index (κ1) is 14.1. The molecule has 1 fully saturated rings. The molecule has 3 heterocycles. The first-order valence-electron chi connectivity index (χ1n) is 6.38.